The monoisotopic (exact) mass is 513 g/mol. The van der Waals surface area contributed by atoms with E-state index in [0.29, 0.717) is 33.9 Å². The number of fused-ring (bicyclic) bond motifs is 5. The maximum absolute atomic E-state index is 13.5. The van der Waals surface area contributed by atoms with Crippen molar-refractivity contribution in [3.8, 4) is 6.07 Å². The lowest BCUT2D eigenvalue weighted by Crippen LogP contribution is -2.67. The Labute approximate surface area is 205 Å². The van der Waals surface area contributed by atoms with Crippen LogP contribution in [-0.2, 0) is 16.1 Å². The molecule has 0 amide bonds. The smallest absolute Gasteiger partial charge is 0.157 e. The average Bonchev–Trinajstić information content (AvgIpc) is 3.46. The van der Waals surface area contributed by atoms with Crippen molar-refractivity contribution < 1.29 is 9.53 Å². The Morgan fingerprint density at radius 2 is 1.97 bits per heavy atom. The number of halogens is 1. The highest BCUT2D eigenvalue weighted by Gasteiger charge is 2.71. The summed E-state index contributed by atoms with van der Waals surface area (Å²) in [5.41, 5.74) is 0.888. The lowest BCUT2D eigenvalue weighted by molar-refractivity contribution is -0.250. The molecule has 1 aromatic heterocycles. The van der Waals surface area contributed by atoms with Gasteiger partial charge in [-0.15, -0.1) is 0 Å². The van der Waals surface area contributed by atoms with Crippen molar-refractivity contribution in [2.24, 2.45) is 34.5 Å². The fourth-order valence-corrected chi connectivity index (χ4v) is 10.8. The first-order valence-corrected chi connectivity index (χ1v) is 13.9. The van der Waals surface area contributed by atoms with Crippen LogP contribution in [0.15, 0.2) is 12.4 Å². The summed E-state index contributed by atoms with van der Waals surface area (Å²) in [6.07, 6.45) is 13.8. The van der Waals surface area contributed by atoms with Crippen LogP contribution >= 0.6 is 15.9 Å². The minimum Gasteiger partial charge on any atom is -0.367 e. The number of Topliss-reactive ketones (excluding diaryl/α,β-unsaturated/α-hetero) is 1. The number of hydrogen-bond donors (Lipinski definition) is 0. The Morgan fingerprint density at radius 3 is 2.73 bits per heavy atom. The van der Waals surface area contributed by atoms with E-state index in [2.05, 4.69) is 47.9 Å². The van der Waals surface area contributed by atoms with Crippen molar-refractivity contribution in [3.05, 3.63) is 18.0 Å². The summed E-state index contributed by atoms with van der Waals surface area (Å²) in [6, 6.07) is 2.11. The number of nitriles is 1. The van der Waals surface area contributed by atoms with Gasteiger partial charge in [0.1, 0.15) is 6.07 Å². The number of ketones is 1. The molecule has 0 unspecified atom stereocenters. The molecule has 0 radical (unpaired) electrons. The molecule has 9 atom stereocenters. The molecule has 3 heterocycles. The summed E-state index contributed by atoms with van der Waals surface area (Å²) in [5.74, 6) is 2.39. The third-order valence-corrected chi connectivity index (χ3v) is 12.4. The number of carbonyl (C=O) groups excluding carboxylic acids is 1. The van der Waals surface area contributed by atoms with E-state index in [1.807, 2.05) is 0 Å². The van der Waals surface area contributed by atoms with Crippen molar-refractivity contribution in [2.45, 2.75) is 101 Å². The fourth-order valence-electron chi connectivity index (χ4n) is 9.53. The molecule has 5 fully saturated rings. The molecular weight excluding hydrogens is 478 g/mol. The summed E-state index contributed by atoms with van der Waals surface area (Å²) in [5, 5.41) is 13.3. The maximum Gasteiger partial charge on any atom is 0.157 e. The van der Waals surface area contributed by atoms with Crippen molar-refractivity contribution in [1.82, 2.24) is 9.78 Å². The molecule has 2 aliphatic heterocycles. The van der Waals surface area contributed by atoms with E-state index >= 15 is 0 Å². The molecule has 3 aliphatic carbocycles. The molecule has 2 saturated heterocycles. The number of ether oxygens (including phenoxy) is 1. The standard InChI is InChI=1S/C27H36BrN3O2/c1-24-8-10-26(3)20-6-7-25(2)19(18(20)12-23(28)27(26,33-24)11-9-24)4-5-21(25)22(32)16-31-15-17(13-29)14-30-31/h14-15,18-21,23H,4-12,16H2,1-3H3/t18-,19-,20-,21+,23+,24-,25-,26+,27-/m0/s1. The highest BCUT2D eigenvalue weighted by atomic mass is 79.9. The molecule has 6 rings (SSSR count). The summed E-state index contributed by atoms with van der Waals surface area (Å²) < 4.78 is 8.63. The van der Waals surface area contributed by atoms with Gasteiger partial charge in [-0.2, -0.15) is 10.4 Å². The van der Waals surface area contributed by atoms with Crippen LogP contribution in [0.4, 0.5) is 0 Å². The Balaban J connectivity index is 1.26. The van der Waals surface area contributed by atoms with Gasteiger partial charge in [-0.3, -0.25) is 9.48 Å². The van der Waals surface area contributed by atoms with Gasteiger partial charge in [0.05, 0.1) is 29.5 Å². The lowest BCUT2D eigenvalue weighted by Gasteiger charge is -2.66. The van der Waals surface area contributed by atoms with Crippen LogP contribution in [-0.4, -0.2) is 31.6 Å². The first-order valence-electron chi connectivity index (χ1n) is 12.9. The van der Waals surface area contributed by atoms with E-state index in [-0.39, 0.29) is 34.5 Å². The molecule has 0 N–H and O–H groups in total. The second kappa shape index (κ2) is 7.17. The SMILES string of the molecule is C[C@]12CC[C@]3(O1)[C@H](Br)C[C@H]1[C@@H]4CC[C@H](C(=O)Cn5cc(C#N)cn5)[C@@]4(C)CC[C@@H]1[C@@]3(C)CC2. The summed E-state index contributed by atoms with van der Waals surface area (Å²) >= 11 is 4.18. The second-order valence-electron chi connectivity index (χ2n) is 12.6. The Kier molecular flexibility index (Phi) is 4.84. The van der Waals surface area contributed by atoms with E-state index in [1.165, 1.54) is 38.5 Å². The van der Waals surface area contributed by atoms with Crippen LogP contribution in [0.1, 0.15) is 84.1 Å². The van der Waals surface area contributed by atoms with Crippen molar-refractivity contribution in [3.63, 3.8) is 0 Å². The zero-order valence-electron chi connectivity index (χ0n) is 20.1. The topological polar surface area (TPSA) is 67.9 Å². The summed E-state index contributed by atoms with van der Waals surface area (Å²) in [6.45, 7) is 7.58. The van der Waals surface area contributed by atoms with Gasteiger partial charge in [-0.05, 0) is 87.9 Å². The Morgan fingerprint density at radius 1 is 1.18 bits per heavy atom. The molecule has 5 aliphatic rings. The van der Waals surface area contributed by atoms with E-state index in [4.69, 9.17) is 10.00 Å². The Bertz CT molecular complexity index is 1030. The second-order valence-corrected chi connectivity index (χ2v) is 13.7. The molecule has 33 heavy (non-hydrogen) atoms. The molecule has 0 aromatic carbocycles. The van der Waals surface area contributed by atoms with Crippen molar-refractivity contribution >= 4 is 21.7 Å². The van der Waals surface area contributed by atoms with Gasteiger partial charge in [0.2, 0.25) is 0 Å². The highest BCUT2D eigenvalue weighted by Crippen LogP contribution is 2.72. The molecular formula is C27H36BrN3O2. The number of hydrogen-bond acceptors (Lipinski definition) is 4. The minimum atomic E-state index is -0.0126. The van der Waals surface area contributed by atoms with Gasteiger partial charge in [-0.25, -0.2) is 0 Å². The molecule has 178 valence electrons. The fraction of sp³-hybridized carbons (Fsp3) is 0.815. The normalized spacial score (nSPS) is 50.2. The van der Waals surface area contributed by atoms with Gasteiger partial charge >= 0.3 is 0 Å². The van der Waals surface area contributed by atoms with Crippen molar-refractivity contribution in [2.75, 3.05) is 0 Å². The van der Waals surface area contributed by atoms with Crippen LogP contribution < -0.4 is 0 Å². The van der Waals surface area contributed by atoms with Gasteiger partial charge in [0.25, 0.3) is 0 Å². The molecule has 3 saturated carbocycles. The Hall–Kier alpha value is -1.19. The van der Waals surface area contributed by atoms with Crippen LogP contribution in [0.25, 0.3) is 0 Å². The first kappa shape index (κ1) is 22.3. The van der Waals surface area contributed by atoms with E-state index in [9.17, 15) is 4.79 Å². The number of carbonyl (C=O) groups is 1. The number of aromatic nitrogens is 2. The zero-order chi connectivity index (χ0) is 23.2. The van der Waals surface area contributed by atoms with E-state index in [1.54, 1.807) is 17.1 Å². The summed E-state index contributed by atoms with van der Waals surface area (Å²) in [7, 11) is 0. The van der Waals surface area contributed by atoms with E-state index in [0.717, 1.165) is 19.3 Å². The predicted octanol–water partition coefficient (Wildman–Crippen LogP) is 5.66. The van der Waals surface area contributed by atoms with Crippen LogP contribution in [0, 0.1) is 45.8 Å². The molecule has 6 heteroatoms. The van der Waals surface area contributed by atoms with Gasteiger partial charge in [0.15, 0.2) is 5.78 Å². The first-order chi connectivity index (χ1) is 15.6. The van der Waals surface area contributed by atoms with Crippen LogP contribution in [0.5, 0.6) is 0 Å². The van der Waals surface area contributed by atoms with Gasteiger partial charge in [-0.1, -0.05) is 29.8 Å². The lowest BCUT2D eigenvalue weighted by atomic mass is 9.44. The maximum atomic E-state index is 13.5. The average molecular weight is 515 g/mol. The van der Waals surface area contributed by atoms with Crippen LogP contribution in [0.2, 0.25) is 0 Å². The number of rotatable bonds is 3. The van der Waals surface area contributed by atoms with Crippen LogP contribution in [0.3, 0.4) is 0 Å². The third-order valence-electron chi connectivity index (χ3n) is 11.3. The quantitative estimate of drug-likeness (QED) is 0.489. The number of alkyl halides is 1. The molecule has 1 aromatic rings. The van der Waals surface area contributed by atoms with Gasteiger partial charge < -0.3 is 4.74 Å². The zero-order valence-corrected chi connectivity index (χ0v) is 21.7. The minimum absolute atomic E-state index is 0.0126. The molecule has 1 spiro atoms. The molecule has 5 nitrogen and oxygen atoms in total. The largest absolute Gasteiger partial charge is 0.367 e. The third kappa shape index (κ3) is 2.91. The van der Waals surface area contributed by atoms with Gasteiger partial charge in [0, 0.05) is 22.4 Å². The summed E-state index contributed by atoms with van der Waals surface area (Å²) in [4.78, 5) is 13.9. The highest BCUT2D eigenvalue weighted by molar-refractivity contribution is 9.09. The molecule has 2 bridgehead atoms. The predicted molar refractivity (Wildman–Crippen MR) is 129 cm³/mol. The van der Waals surface area contributed by atoms with E-state index < -0.39 is 0 Å². The van der Waals surface area contributed by atoms with Crippen molar-refractivity contribution in [1.29, 1.82) is 5.26 Å². The number of nitrogens with zero attached hydrogens (tertiary/aromatic N) is 3.